The van der Waals surface area contributed by atoms with Gasteiger partial charge in [-0.1, -0.05) is 36.4 Å². The first-order valence-corrected chi connectivity index (χ1v) is 10.7. The molecule has 30 heavy (non-hydrogen) atoms. The first kappa shape index (κ1) is 22.0. The third kappa shape index (κ3) is 6.41. The molecule has 2 aromatic carbocycles. The SMILES string of the molecule is Cc1cc(C)cc(N(CCC#N)C(=O)CN(Cc2ccccc2)CC2CCCO2)c1. The molecule has 0 aromatic heterocycles. The van der Waals surface area contributed by atoms with E-state index >= 15 is 0 Å². The van der Waals surface area contributed by atoms with Gasteiger partial charge in [0.15, 0.2) is 0 Å². The number of carbonyl (C=O) groups excluding carboxylic acids is 1. The van der Waals surface area contributed by atoms with Crippen molar-refractivity contribution in [1.29, 1.82) is 5.26 Å². The summed E-state index contributed by atoms with van der Waals surface area (Å²) in [7, 11) is 0. The number of carbonyl (C=O) groups is 1. The summed E-state index contributed by atoms with van der Waals surface area (Å²) in [5.74, 6) is 0.0178. The lowest BCUT2D eigenvalue weighted by molar-refractivity contribution is -0.120. The predicted molar refractivity (Wildman–Crippen MR) is 119 cm³/mol. The number of ether oxygens (including phenoxy) is 1. The summed E-state index contributed by atoms with van der Waals surface area (Å²) in [6.07, 6.45) is 2.60. The Morgan fingerprint density at radius 1 is 1.17 bits per heavy atom. The molecular weight excluding hydrogens is 374 g/mol. The molecule has 1 atom stereocenters. The van der Waals surface area contributed by atoms with Crippen molar-refractivity contribution in [2.45, 2.75) is 45.8 Å². The Balaban J connectivity index is 1.78. The van der Waals surface area contributed by atoms with Crippen molar-refractivity contribution in [3.8, 4) is 6.07 Å². The zero-order valence-electron chi connectivity index (χ0n) is 18.0. The van der Waals surface area contributed by atoms with Crippen molar-refractivity contribution in [2.24, 2.45) is 0 Å². The van der Waals surface area contributed by atoms with Crippen LogP contribution in [0.25, 0.3) is 0 Å². The van der Waals surface area contributed by atoms with E-state index in [1.807, 2.05) is 44.2 Å². The predicted octanol–water partition coefficient (Wildman–Crippen LogP) is 4.23. The summed E-state index contributed by atoms with van der Waals surface area (Å²) in [6, 6.07) is 18.5. The molecule has 1 amide bonds. The topological polar surface area (TPSA) is 56.6 Å². The van der Waals surface area contributed by atoms with Gasteiger partial charge in [0, 0.05) is 31.9 Å². The molecule has 0 spiro atoms. The minimum absolute atomic E-state index is 0.0178. The molecule has 2 aromatic rings. The van der Waals surface area contributed by atoms with E-state index in [1.54, 1.807) is 4.90 Å². The van der Waals surface area contributed by atoms with Gasteiger partial charge in [0.25, 0.3) is 0 Å². The lowest BCUT2D eigenvalue weighted by Crippen LogP contribution is -2.43. The number of aryl methyl sites for hydroxylation is 2. The number of amides is 1. The van der Waals surface area contributed by atoms with E-state index in [0.717, 1.165) is 42.8 Å². The maximum absolute atomic E-state index is 13.4. The molecule has 158 valence electrons. The molecule has 1 fully saturated rings. The number of nitrogens with zero attached hydrogens (tertiary/aromatic N) is 3. The third-order valence-corrected chi connectivity index (χ3v) is 5.36. The Hall–Kier alpha value is -2.68. The van der Waals surface area contributed by atoms with Crippen molar-refractivity contribution in [3.63, 3.8) is 0 Å². The van der Waals surface area contributed by atoms with Gasteiger partial charge >= 0.3 is 0 Å². The maximum atomic E-state index is 13.4. The van der Waals surface area contributed by atoms with Gasteiger partial charge in [-0.15, -0.1) is 0 Å². The van der Waals surface area contributed by atoms with Crippen molar-refractivity contribution in [1.82, 2.24) is 4.90 Å². The summed E-state index contributed by atoms with van der Waals surface area (Å²) in [5, 5.41) is 9.10. The van der Waals surface area contributed by atoms with Crippen LogP contribution in [-0.2, 0) is 16.1 Å². The van der Waals surface area contributed by atoms with Crippen LogP contribution in [0.4, 0.5) is 5.69 Å². The molecule has 3 rings (SSSR count). The second kappa shape index (κ2) is 10.9. The van der Waals surface area contributed by atoms with Crippen LogP contribution in [-0.4, -0.2) is 43.2 Å². The first-order chi connectivity index (χ1) is 14.5. The summed E-state index contributed by atoms with van der Waals surface area (Å²) in [5.41, 5.74) is 4.27. The van der Waals surface area contributed by atoms with Crippen LogP contribution in [0, 0.1) is 25.2 Å². The van der Waals surface area contributed by atoms with Crippen LogP contribution in [0.3, 0.4) is 0 Å². The van der Waals surface area contributed by atoms with E-state index in [2.05, 4.69) is 29.2 Å². The lowest BCUT2D eigenvalue weighted by atomic mass is 10.1. The molecule has 0 aliphatic carbocycles. The summed E-state index contributed by atoms with van der Waals surface area (Å²) in [4.78, 5) is 17.3. The quantitative estimate of drug-likeness (QED) is 0.626. The van der Waals surface area contributed by atoms with Crippen LogP contribution in [0.15, 0.2) is 48.5 Å². The van der Waals surface area contributed by atoms with Crippen LogP contribution >= 0.6 is 0 Å². The average Bonchev–Trinajstić information content (AvgIpc) is 3.21. The van der Waals surface area contributed by atoms with E-state index in [0.29, 0.717) is 26.1 Å². The molecule has 1 aliphatic heterocycles. The molecule has 0 bridgehead atoms. The smallest absolute Gasteiger partial charge is 0.241 e. The van der Waals surface area contributed by atoms with Crippen molar-refractivity contribution < 1.29 is 9.53 Å². The van der Waals surface area contributed by atoms with Gasteiger partial charge < -0.3 is 9.64 Å². The fraction of sp³-hybridized carbons (Fsp3) is 0.440. The number of hydrogen-bond acceptors (Lipinski definition) is 4. The van der Waals surface area contributed by atoms with Crippen LogP contribution in [0.5, 0.6) is 0 Å². The highest BCUT2D eigenvalue weighted by atomic mass is 16.5. The van der Waals surface area contributed by atoms with Crippen molar-refractivity contribution in [2.75, 3.05) is 31.1 Å². The fourth-order valence-corrected chi connectivity index (χ4v) is 4.05. The number of rotatable bonds is 9. The van der Waals surface area contributed by atoms with Crippen molar-refractivity contribution >= 4 is 11.6 Å². The second-order valence-electron chi connectivity index (χ2n) is 8.09. The molecule has 0 N–H and O–H groups in total. The molecule has 1 heterocycles. The minimum atomic E-state index is 0.0178. The first-order valence-electron chi connectivity index (χ1n) is 10.7. The summed E-state index contributed by atoms with van der Waals surface area (Å²) < 4.78 is 5.83. The molecular formula is C25H31N3O2. The number of anilines is 1. The normalized spacial score (nSPS) is 15.9. The highest BCUT2D eigenvalue weighted by Gasteiger charge is 2.24. The molecule has 1 aliphatic rings. The van der Waals surface area contributed by atoms with Gasteiger partial charge in [-0.2, -0.15) is 5.26 Å². The van der Waals surface area contributed by atoms with Gasteiger partial charge in [0.05, 0.1) is 25.1 Å². The maximum Gasteiger partial charge on any atom is 0.241 e. The monoisotopic (exact) mass is 405 g/mol. The molecule has 1 unspecified atom stereocenters. The zero-order chi connectivity index (χ0) is 21.3. The van der Waals surface area contributed by atoms with E-state index in [4.69, 9.17) is 10.00 Å². The number of nitriles is 1. The number of hydrogen-bond donors (Lipinski definition) is 0. The standard InChI is InChI=1S/C25H31N3O2/c1-20-14-21(2)16-23(15-20)28(12-7-11-26)25(29)19-27(18-24-10-6-13-30-24)17-22-8-4-3-5-9-22/h3-5,8-9,14-16,24H,6-7,10,12-13,17-19H2,1-2H3. The molecule has 5 nitrogen and oxygen atoms in total. The zero-order valence-corrected chi connectivity index (χ0v) is 18.0. The number of benzene rings is 2. The highest BCUT2D eigenvalue weighted by molar-refractivity contribution is 5.95. The van der Waals surface area contributed by atoms with Gasteiger partial charge in [-0.25, -0.2) is 0 Å². The van der Waals surface area contributed by atoms with Crippen LogP contribution in [0.2, 0.25) is 0 Å². The van der Waals surface area contributed by atoms with Gasteiger partial charge in [-0.3, -0.25) is 9.69 Å². The molecule has 1 saturated heterocycles. The van der Waals surface area contributed by atoms with E-state index < -0.39 is 0 Å². The Labute approximate surface area is 179 Å². The van der Waals surface area contributed by atoms with Gasteiger partial charge in [0.1, 0.15) is 0 Å². The Kier molecular flexibility index (Phi) is 8.01. The third-order valence-electron chi connectivity index (χ3n) is 5.36. The summed E-state index contributed by atoms with van der Waals surface area (Å²) >= 11 is 0. The van der Waals surface area contributed by atoms with E-state index in [9.17, 15) is 4.79 Å². The van der Waals surface area contributed by atoms with Crippen LogP contribution < -0.4 is 4.90 Å². The highest BCUT2D eigenvalue weighted by Crippen LogP contribution is 2.21. The average molecular weight is 406 g/mol. The lowest BCUT2D eigenvalue weighted by Gasteiger charge is -2.29. The van der Waals surface area contributed by atoms with Crippen molar-refractivity contribution in [3.05, 3.63) is 65.2 Å². The fourth-order valence-electron chi connectivity index (χ4n) is 4.05. The molecule has 5 heteroatoms. The van der Waals surface area contributed by atoms with Gasteiger partial charge in [-0.05, 0) is 55.5 Å². The van der Waals surface area contributed by atoms with Gasteiger partial charge in [0.2, 0.25) is 5.91 Å². The minimum Gasteiger partial charge on any atom is -0.377 e. The molecule has 0 radical (unpaired) electrons. The largest absolute Gasteiger partial charge is 0.377 e. The van der Waals surface area contributed by atoms with E-state index in [1.165, 1.54) is 5.56 Å². The summed E-state index contributed by atoms with van der Waals surface area (Å²) in [6.45, 7) is 7.00. The second-order valence-corrected chi connectivity index (χ2v) is 8.09. The Morgan fingerprint density at radius 2 is 1.90 bits per heavy atom. The Morgan fingerprint density at radius 3 is 2.53 bits per heavy atom. The Bertz CT molecular complexity index is 849. The van der Waals surface area contributed by atoms with E-state index in [-0.39, 0.29) is 12.0 Å². The molecule has 0 saturated carbocycles. The van der Waals surface area contributed by atoms with Crippen LogP contribution in [0.1, 0.15) is 36.0 Å².